The predicted molar refractivity (Wildman–Crippen MR) is 120 cm³/mol. The molecule has 0 aliphatic carbocycles. The number of hydrogen-bond acceptors (Lipinski definition) is 4. The molecule has 1 aliphatic rings. The monoisotopic (exact) mass is 432 g/mol. The van der Waals surface area contributed by atoms with Crippen LogP contribution in [0.15, 0.2) is 78.0 Å². The molecule has 0 saturated carbocycles. The molecule has 0 fully saturated rings. The van der Waals surface area contributed by atoms with E-state index in [0.717, 1.165) is 29.0 Å². The van der Waals surface area contributed by atoms with Crippen molar-refractivity contribution in [3.8, 4) is 11.3 Å². The Balaban J connectivity index is 1.66. The Morgan fingerprint density at radius 1 is 0.969 bits per heavy atom. The maximum absolute atomic E-state index is 13.6. The second-order valence-corrected chi connectivity index (χ2v) is 7.61. The lowest BCUT2D eigenvalue weighted by atomic mass is 10.0. The summed E-state index contributed by atoms with van der Waals surface area (Å²) in [5.41, 5.74) is 2.79. The number of nitrogens with one attached hydrogen (secondary N) is 1. The number of aromatic nitrogens is 2. The van der Waals surface area contributed by atoms with Crippen LogP contribution in [-0.4, -0.2) is 15.8 Å². The molecule has 4 nitrogen and oxygen atoms in total. The summed E-state index contributed by atoms with van der Waals surface area (Å²) in [6, 6.07) is 17.0. The van der Waals surface area contributed by atoms with E-state index < -0.39 is 11.7 Å². The highest BCUT2D eigenvalue weighted by Crippen LogP contribution is 2.39. The van der Waals surface area contributed by atoms with Crippen LogP contribution in [0.1, 0.15) is 36.1 Å². The average Bonchev–Trinajstić information content (AvgIpc) is 3.16. The van der Waals surface area contributed by atoms with E-state index in [4.69, 9.17) is 4.99 Å². The second-order valence-electron chi connectivity index (χ2n) is 7.61. The lowest BCUT2D eigenvalue weighted by molar-refractivity contribution is -0.137. The smallest absolute Gasteiger partial charge is 0.339 e. The van der Waals surface area contributed by atoms with E-state index in [2.05, 4.69) is 28.3 Å². The third kappa shape index (κ3) is 3.49. The maximum atomic E-state index is 13.6. The molecule has 2 aromatic carbocycles. The van der Waals surface area contributed by atoms with E-state index >= 15 is 0 Å². The van der Waals surface area contributed by atoms with Crippen LogP contribution in [0.5, 0.6) is 0 Å². The van der Waals surface area contributed by atoms with E-state index in [9.17, 15) is 13.2 Å². The van der Waals surface area contributed by atoms with Crippen molar-refractivity contribution in [2.24, 2.45) is 4.99 Å². The standard InChI is InChI=1S/C25H19F3N4/c1-2-20-15-7-3-4-8-16(15)24(31-20)32-22-13-21(30-23-14-29-12-11-18(22)23)17-9-5-6-10-19(17)25(26,27)28/h3-14,20H,2H2,1H3,(H,30,31,32)/t20-/m1/s1. The highest BCUT2D eigenvalue weighted by Gasteiger charge is 2.34. The molecule has 0 bridgehead atoms. The molecule has 7 heteroatoms. The summed E-state index contributed by atoms with van der Waals surface area (Å²) in [6.07, 6.45) is -0.441. The van der Waals surface area contributed by atoms with Crippen molar-refractivity contribution in [2.45, 2.75) is 25.6 Å². The Kier molecular flexibility index (Phi) is 4.89. The van der Waals surface area contributed by atoms with Gasteiger partial charge in [0.15, 0.2) is 0 Å². The Labute approximate surface area is 182 Å². The molecular formula is C25H19F3N4. The number of hydrogen-bond donors (Lipinski definition) is 1. The van der Waals surface area contributed by atoms with Crippen LogP contribution in [0.2, 0.25) is 0 Å². The molecule has 5 rings (SSSR count). The first kappa shape index (κ1) is 20.2. The van der Waals surface area contributed by atoms with Crippen LogP contribution in [0.4, 0.5) is 18.9 Å². The van der Waals surface area contributed by atoms with Gasteiger partial charge >= 0.3 is 6.18 Å². The topological polar surface area (TPSA) is 50.2 Å². The third-order valence-electron chi connectivity index (χ3n) is 5.62. The molecule has 0 radical (unpaired) electrons. The van der Waals surface area contributed by atoms with Gasteiger partial charge in [0.05, 0.1) is 34.7 Å². The van der Waals surface area contributed by atoms with Gasteiger partial charge < -0.3 is 5.32 Å². The molecule has 1 N–H and O–H groups in total. The van der Waals surface area contributed by atoms with Crippen LogP contribution in [0.25, 0.3) is 22.2 Å². The van der Waals surface area contributed by atoms with Gasteiger partial charge in [-0.2, -0.15) is 13.2 Å². The van der Waals surface area contributed by atoms with Gasteiger partial charge in [0.1, 0.15) is 5.84 Å². The van der Waals surface area contributed by atoms with Crippen LogP contribution < -0.4 is 5.32 Å². The molecule has 160 valence electrons. The molecule has 0 saturated heterocycles. The van der Waals surface area contributed by atoms with Gasteiger partial charge in [0, 0.05) is 22.7 Å². The average molecular weight is 432 g/mol. The Morgan fingerprint density at radius 2 is 1.72 bits per heavy atom. The van der Waals surface area contributed by atoms with E-state index in [1.807, 2.05) is 18.2 Å². The molecule has 2 aromatic heterocycles. The molecule has 0 unspecified atom stereocenters. The van der Waals surface area contributed by atoms with Crippen molar-refractivity contribution in [2.75, 3.05) is 5.32 Å². The largest absolute Gasteiger partial charge is 0.417 e. The number of rotatable bonds is 3. The summed E-state index contributed by atoms with van der Waals surface area (Å²) < 4.78 is 40.9. The molecule has 0 amide bonds. The molecule has 3 heterocycles. The summed E-state index contributed by atoms with van der Waals surface area (Å²) in [4.78, 5) is 13.4. The van der Waals surface area contributed by atoms with E-state index in [-0.39, 0.29) is 17.3 Å². The SMILES string of the molecule is CC[C@H]1N=C(Nc2cc(-c3ccccc3C(F)(F)F)nc3cnccc23)c2ccccc21. The number of amidine groups is 1. The molecule has 0 spiro atoms. The van der Waals surface area contributed by atoms with Gasteiger partial charge in [-0.25, -0.2) is 4.98 Å². The Morgan fingerprint density at radius 3 is 2.50 bits per heavy atom. The molecule has 1 atom stereocenters. The number of pyridine rings is 2. The second kappa shape index (κ2) is 7.75. The zero-order chi connectivity index (χ0) is 22.3. The molecule has 1 aliphatic heterocycles. The van der Waals surface area contributed by atoms with E-state index in [1.165, 1.54) is 12.1 Å². The quantitative estimate of drug-likeness (QED) is 0.395. The van der Waals surface area contributed by atoms with E-state index in [0.29, 0.717) is 17.0 Å². The highest BCUT2D eigenvalue weighted by molar-refractivity contribution is 6.14. The number of nitrogens with zero attached hydrogens (tertiary/aromatic N) is 3. The zero-order valence-corrected chi connectivity index (χ0v) is 17.2. The number of alkyl halides is 3. The van der Waals surface area contributed by atoms with Crippen LogP contribution in [0.3, 0.4) is 0 Å². The minimum absolute atomic E-state index is 0.0222. The summed E-state index contributed by atoms with van der Waals surface area (Å²) >= 11 is 0. The minimum Gasteiger partial charge on any atom is -0.339 e. The van der Waals surface area contributed by atoms with Crippen LogP contribution in [0, 0.1) is 0 Å². The Hall–Kier alpha value is -3.74. The van der Waals surface area contributed by atoms with Crippen LogP contribution >= 0.6 is 0 Å². The summed E-state index contributed by atoms with van der Waals surface area (Å²) in [7, 11) is 0. The maximum Gasteiger partial charge on any atom is 0.417 e. The first-order chi connectivity index (χ1) is 15.5. The fourth-order valence-electron chi connectivity index (χ4n) is 4.11. The lowest BCUT2D eigenvalue weighted by Crippen LogP contribution is -2.12. The molecule has 32 heavy (non-hydrogen) atoms. The number of fused-ring (bicyclic) bond motifs is 2. The first-order valence-electron chi connectivity index (χ1n) is 10.3. The van der Waals surface area contributed by atoms with Crippen molar-refractivity contribution in [3.05, 3.63) is 89.7 Å². The number of aliphatic imine (C=N–C) groups is 1. The van der Waals surface area contributed by atoms with Gasteiger partial charge in [0.2, 0.25) is 0 Å². The normalized spacial score (nSPS) is 15.5. The lowest BCUT2D eigenvalue weighted by Gasteiger charge is -2.15. The van der Waals surface area contributed by atoms with E-state index in [1.54, 1.807) is 30.6 Å². The molecular weight excluding hydrogens is 413 g/mol. The number of benzene rings is 2. The van der Waals surface area contributed by atoms with Crippen LogP contribution in [-0.2, 0) is 6.18 Å². The van der Waals surface area contributed by atoms with Gasteiger partial charge in [-0.15, -0.1) is 0 Å². The van der Waals surface area contributed by atoms with Gasteiger partial charge in [0.25, 0.3) is 0 Å². The minimum atomic E-state index is -4.49. The number of halogens is 3. The summed E-state index contributed by atoms with van der Waals surface area (Å²) in [5.74, 6) is 0.701. The van der Waals surface area contributed by atoms with Crippen molar-refractivity contribution in [1.82, 2.24) is 9.97 Å². The highest BCUT2D eigenvalue weighted by atomic mass is 19.4. The summed E-state index contributed by atoms with van der Waals surface area (Å²) in [6.45, 7) is 2.08. The number of anilines is 1. The van der Waals surface area contributed by atoms with Crippen molar-refractivity contribution < 1.29 is 13.2 Å². The first-order valence-corrected chi connectivity index (χ1v) is 10.3. The third-order valence-corrected chi connectivity index (χ3v) is 5.62. The summed E-state index contributed by atoms with van der Waals surface area (Å²) in [5, 5.41) is 4.13. The fraction of sp³-hybridized carbons (Fsp3) is 0.160. The van der Waals surface area contributed by atoms with Crippen molar-refractivity contribution in [3.63, 3.8) is 0 Å². The Bertz CT molecular complexity index is 1340. The van der Waals surface area contributed by atoms with Gasteiger partial charge in [-0.3, -0.25) is 9.98 Å². The zero-order valence-electron chi connectivity index (χ0n) is 17.2. The fourth-order valence-corrected chi connectivity index (χ4v) is 4.11. The van der Waals surface area contributed by atoms with Gasteiger partial charge in [-0.1, -0.05) is 49.4 Å². The van der Waals surface area contributed by atoms with Crippen molar-refractivity contribution >= 4 is 22.4 Å². The van der Waals surface area contributed by atoms with Crippen molar-refractivity contribution in [1.29, 1.82) is 0 Å². The van der Waals surface area contributed by atoms with Gasteiger partial charge in [-0.05, 0) is 30.2 Å². The predicted octanol–water partition coefficient (Wildman–Crippen LogP) is 6.64. The molecule has 4 aromatic rings.